The molecule has 1 aliphatic rings. The molecule has 0 spiro atoms. The number of nitrogens with one attached hydrogen (secondary N) is 1. The lowest BCUT2D eigenvalue weighted by atomic mass is 9.87. The van der Waals surface area contributed by atoms with Gasteiger partial charge in [-0.2, -0.15) is 11.8 Å². The van der Waals surface area contributed by atoms with E-state index in [1.807, 2.05) is 18.7 Å². The Bertz CT molecular complexity index is 292. The van der Waals surface area contributed by atoms with E-state index in [0.29, 0.717) is 5.92 Å². The third-order valence-corrected chi connectivity index (χ3v) is 4.07. The second-order valence-electron chi connectivity index (χ2n) is 4.86. The van der Waals surface area contributed by atoms with E-state index in [1.54, 1.807) is 0 Å². The van der Waals surface area contributed by atoms with Gasteiger partial charge in [0.05, 0.1) is 0 Å². The van der Waals surface area contributed by atoms with Crippen LogP contribution in [0, 0.1) is 11.8 Å². The predicted molar refractivity (Wildman–Crippen MR) is 79.7 cm³/mol. The molecule has 1 aliphatic carbocycles. The first kappa shape index (κ1) is 15.7. The van der Waals surface area contributed by atoms with Gasteiger partial charge in [-0.3, -0.25) is 0 Å². The van der Waals surface area contributed by atoms with Crippen LogP contribution >= 0.6 is 11.8 Å². The van der Waals surface area contributed by atoms with Crippen LogP contribution in [0.1, 0.15) is 13.3 Å². The number of alkyl halides is 1. The molecule has 0 aromatic carbocycles. The fourth-order valence-corrected chi connectivity index (χ4v) is 2.36. The van der Waals surface area contributed by atoms with E-state index in [9.17, 15) is 4.39 Å². The molecule has 104 valence electrons. The lowest BCUT2D eigenvalue weighted by Gasteiger charge is -2.23. The van der Waals surface area contributed by atoms with Crippen LogP contribution in [-0.4, -0.2) is 37.8 Å². The molecule has 0 amide bonds. The fourth-order valence-electron chi connectivity index (χ4n) is 2.01. The molecule has 0 aromatic heterocycles. The van der Waals surface area contributed by atoms with Crippen LogP contribution in [0.3, 0.4) is 0 Å². The summed E-state index contributed by atoms with van der Waals surface area (Å²) in [5, 5.41) is 3.45. The molecule has 0 aliphatic heterocycles. The molecule has 0 aromatic rings. The molecule has 3 atom stereocenters. The van der Waals surface area contributed by atoms with Gasteiger partial charge in [-0.1, -0.05) is 25.2 Å². The third kappa shape index (κ3) is 5.12. The highest BCUT2D eigenvalue weighted by Crippen LogP contribution is 2.23. The van der Waals surface area contributed by atoms with Gasteiger partial charge in [-0.25, -0.2) is 4.39 Å². The van der Waals surface area contributed by atoms with Crippen molar-refractivity contribution in [2.24, 2.45) is 17.6 Å². The average Bonchev–Trinajstić information content (AvgIpc) is 2.42. The molecular weight excluding hydrogens is 247 g/mol. The number of allylic oxidation sites excluding steroid dienone is 2. The highest BCUT2D eigenvalue weighted by Gasteiger charge is 2.18. The largest absolute Gasteiger partial charge is 0.325 e. The zero-order valence-corrected chi connectivity index (χ0v) is 12.2. The molecule has 0 saturated carbocycles. The van der Waals surface area contributed by atoms with E-state index < -0.39 is 6.67 Å². The van der Waals surface area contributed by atoms with Crippen LogP contribution in [-0.2, 0) is 0 Å². The summed E-state index contributed by atoms with van der Waals surface area (Å²) in [6.45, 7) is 3.62. The molecule has 3 unspecified atom stereocenters. The van der Waals surface area contributed by atoms with Gasteiger partial charge in [-0.05, 0) is 30.1 Å². The summed E-state index contributed by atoms with van der Waals surface area (Å²) in [5.41, 5.74) is 6.91. The minimum atomic E-state index is -0.452. The molecule has 1 rings (SSSR count). The Morgan fingerprint density at radius 3 is 2.94 bits per heavy atom. The first-order valence-corrected chi connectivity index (χ1v) is 7.97. The van der Waals surface area contributed by atoms with Gasteiger partial charge in [0.2, 0.25) is 0 Å². The van der Waals surface area contributed by atoms with Crippen molar-refractivity contribution in [3.8, 4) is 0 Å². The monoisotopic (exact) mass is 272 g/mol. The number of halogens is 1. The Balaban J connectivity index is 2.30. The van der Waals surface area contributed by atoms with Gasteiger partial charge in [0.25, 0.3) is 0 Å². The summed E-state index contributed by atoms with van der Waals surface area (Å²) in [4.78, 5) is 0. The summed E-state index contributed by atoms with van der Waals surface area (Å²) >= 11 is 1.86. The van der Waals surface area contributed by atoms with E-state index in [1.165, 1.54) is 5.57 Å². The number of rotatable bonds is 8. The standard InChI is InChI=1S/C14H25FN2S/c1-11(14(16)9-15)13-5-3-12(4-6-13)10-17-7-8-18-2/h3,5-6,11-12,14,17H,4,7-10,16H2,1-2H3. The zero-order chi connectivity index (χ0) is 13.4. The topological polar surface area (TPSA) is 38.0 Å². The van der Waals surface area contributed by atoms with Crippen molar-refractivity contribution in [3.63, 3.8) is 0 Å². The Hall–Kier alpha value is -0.320. The van der Waals surface area contributed by atoms with Crippen LogP contribution in [0.2, 0.25) is 0 Å². The van der Waals surface area contributed by atoms with Crippen molar-refractivity contribution in [2.75, 3.05) is 31.8 Å². The van der Waals surface area contributed by atoms with Gasteiger partial charge in [-0.15, -0.1) is 0 Å². The third-order valence-electron chi connectivity index (χ3n) is 3.45. The summed E-state index contributed by atoms with van der Waals surface area (Å²) in [5.74, 6) is 1.82. The number of thioether (sulfide) groups is 1. The molecule has 0 bridgehead atoms. The van der Waals surface area contributed by atoms with Crippen LogP contribution in [0.25, 0.3) is 0 Å². The Morgan fingerprint density at radius 1 is 1.61 bits per heavy atom. The summed E-state index contributed by atoms with van der Waals surface area (Å²) in [6.07, 6.45) is 9.70. The quantitative estimate of drug-likeness (QED) is 0.666. The lowest BCUT2D eigenvalue weighted by molar-refractivity contribution is 0.376. The highest BCUT2D eigenvalue weighted by atomic mass is 32.2. The molecule has 0 radical (unpaired) electrons. The van der Waals surface area contributed by atoms with E-state index in [2.05, 4.69) is 29.8 Å². The van der Waals surface area contributed by atoms with Crippen LogP contribution in [0.5, 0.6) is 0 Å². The van der Waals surface area contributed by atoms with Gasteiger partial charge < -0.3 is 11.1 Å². The van der Waals surface area contributed by atoms with Gasteiger partial charge in [0.15, 0.2) is 0 Å². The number of hydrogen-bond acceptors (Lipinski definition) is 3. The minimum absolute atomic E-state index is 0.108. The lowest BCUT2D eigenvalue weighted by Crippen LogP contribution is -2.32. The van der Waals surface area contributed by atoms with Crippen molar-refractivity contribution in [2.45, 2.75) is 19.4 Å². The molecule has 18 heavy (non-hydrogen) atoms. The predicted octanol–water partition coefficient (Wildman–Crippen LogP) is 2.37. The summed E-state index contributed by atoms with van der Waals surface area (Å²) in [7, 11) is 0. The first-order chi connectivity index (χ1) is 8.69. The van der Waals surface area contributed by atoms with Crippen LogP contribution in [0.15, 0.2) is 23.8 Å². The fraction of sp³-hybridized carbons (Fsp3) is 0.714. The maximum absolute atomic E-state index is 12.5. The maximum atomic E-state index is 12.5. The number of nitrogens with two attached hydrogens (primary N) is 1. The zero-order valence-electron chi connectivity index (χ0n) is 11.4. The highest BCUT2D eigenvalue weighted by molar-refractivity contribution is 7.98. The molecule has 3 N–H and O–H groups in total. The average molecular weight is 272 g/mol. The smallest absolute Gasteiger partial charge is 0.105 e. The van der Waals surface area contributed by atoms with Gasteiger partial charge in [0, 0.05) is 24.9 Å². The van der Waals surface area contributed by atoms with Crippen molar-refractivity contribution in [1.82, 2.24) is 5.32 Å². The van der Waals surface area contributed by atoms with E-state index in [-0.39, 0.29) is 12.0 Å². The molecule has 4 heteroatoms. The van der Waals surface area contributed by atoms with Gasteiger partial charge in [0.1, 0.15) is 6.67 Å². The molecular formula is C14H25FN2S. The Morgan fingerprint density at radius 2 is 2.39 bits per heavy atom. The summed E-state index contributed by atoms with van der Waals surface area (Å²) in [6, 6.07) is -0.378. The van der Waals surface area contributed by atoms with Crippen molar-refractivity contribution in [1.29, 1.82) is 0 Å². The minimum Gasteiger partial charge on any atom is -0.325 e. The summed E-state index contributed by atoms with van der Waals surface area (Å²) < 4.78 is 12.5. The van der Waals surface area contributed by atoms with Crippen LogP contribution in [0.4, 0.5) is 4.39 Å². The van der Waals surface area contributed by atoms with E-state index in [0.717, 1.165) is 25.3 Å². The van der Waals surface area contributed by atoms with Crippen LogP contribution < -0.4 is 11.1 Å². The van der Waals surface area contributed by atoms with Crippen molar-refractivity contribution < 1.29 is 4.39 Å². The van der Waals surface area contributed by atoms with Crippen molar-refractivity contribution >= 4 is 11.8 Å². The van der Waals surface area contributed by atoms with Gasteiger partial charge >= 0.3 is 0 Å². The molecule has 0 saturated heterocycles. The maximum Gasteiger partial charge on any atom is 0.105 e. The second-order valence-corrected chi connectivity index (χ2v) is 5.85. The van der Waals surface area contributed by atoms with E-state index >= 15 is 0 Å². The SMILES string of the molecule is CSCCNCC1C=CC(C(C)C(N)CF)=CC1. The number of hydrogen-bond donors (Lipinski definition) is 2. The molecule has 2 nitrogen and oxygen atoms in total. The molecule has 0 fully saturated rings. The Labute approximate surface area is 114 Å². The first-order valence-electron chi connectivity index (χ1n) is 6.58. The molecule has 0 heterocycles. The normalized spacial score (nSPS) is 22.7. The second kappa shape index (κ2) is 8.73. The Kier molecular flexibility index (Phi) is 7.63. The van der Waals surface area contributed by atoms with E-state index in [4.69, 9.17) is 5.73 Å². The van der Waals surface area contributed by atoms with Crippen molar-refractivity contribution in [3.05, 3.63) is 23.8 Å².